The molecular weight excluding hydrogens is 218 g/mol. The summed E-state index contributed by atoms with van der Waals surface area (Å²) >= 11 is 0. The van der Waals surface area contributed by atoms with Gasteiger partial charge in [0.2, 0.25) is 0 Å². The molecule has 1 unspecified atom stereocenters. The van der Waals surface area contributed by atoms with Crippen molar-refractivity contribution >= 4 is 5.57 Å². The summed E-state index contributed by atoms with van der Waals surface area (Å²) in [6, 6.07) is 16.3. The molecule has 2 aromatic carbocycles. The molecular formula is C17H13N. The fourth-order valence-corrected chi connectivity index (χ4v) is 2.63. The maximum absolute atomic E-state index is 7.43. The summed E-state index contributed by atoms with van der Waals surface area (Å²) in [5.74, 6) is 0. The Labute approximate surface area is 107 Å². The van der Waals surface area contributed by atoms with E-state index in [1.54, 1.807) is 0 Å². The number of rotatable bonds is 0. The molecule has 0 bridgehead atoms. The van der Waals surface area contributed by atoms with Gasteiger partial charge in [-0.25, -0.2) is 6.57 Å². The van der Waals surface area contributed by atoms with Crippen molar-refractivity contribution in [3.05, 3.63) is 88.8 Å². The largest absolute Gasteiger partial charge is 0.308 e. The van der Waals surface area contributed by atoms with Crippen molar-refractivity contribution in [3.63, 3.8) is 0 Å². The van der Waals surface area contributed by atoms with Gasteiger partial charge in [-0.2, -0.15) is 0 Å². The van der Waals surface area contributed by atoms with Crippen LogP contribution in [0.15, 0.2) is 55.1 Å². The van der Waals surface area contributed by atoms with Gasteiger partial charge in [-0.1, -0.05) is 55.1 Å². The second-order valence-electron chi connectivity index (χ2n) is 4.57. The maximum atomic E-state index is 7.43. The second kappa shape index (κ2) is 4.16. The van der Waals surface area contributed by atoms with Crippen molar-refractivity contribution in [3.8, 4) is 0 Å². The molecule has 0 saturated carbocycles. The Morgan fingerprint density at radius 1 is 1.00 bits per heavy atom. The van der Waals surface area contributed by atoms with E-state index in [1.165, 1.54) is 11.1 Å². The average molecular weight is 231 g/mol. The van der Waals surface area contributed by atoms with Crippen molar-refractivity contribution in [1.82, 2.24) is 0 Å². The molecule has 0 fully saturated rings. The van der Waals surface area contributed by atoms with E-state index in [4.69, 9.17) is 6.57 Å². The minimum absolute atomic E-state index is 0.0957. The normalized spacial score (nSPS) is 17.3. The Bertz CT molecular complexity index is 661. The summed E-state index contributed by atoms with van der Waals surface area (Å²) < 4.78 is 0. The molecule has 1 atom stereocenters. The highest BCUT2D eigenvalue weighted by Gasteiger charge is 2.26. The molecule has 1 aliphatic rings. The molecule has 0 spiro atoms. The third-order valence-corrected chi connectivity index (χ3v) is 3.56. The number of fused-ring (bicyclic) bond motifs is 2. The van der Waals surface area contributed by atoms with E-state index in [0.29, 0.717) is 0 Å². The number of nitrogens with zero attached hydrogens (tertiary/aromatic N) is 1. The van der Waals surface area contributed by atoms with E-state index in [1.807, 2.05) is 24.3 Å². The van der Waals surface area contributed by atoms with Gasteiger partial charge in [-0.15, -0.1) is 0 Å². The summed E-state index contributed by atoms with van der Waals surface area (Å²) in [5, 5.41) is 0. The first-order valence-electron chi connectivity index (χ1n) is 6.04. The van der Waals surface area contributed by atoms with Gasteiger partial charge in [0.25, 0.3) is 6.04 Å². The Morgan fingerprint density at radius 2 is 1.67 bits per heavy atom. The monoisotopic (exact) mass is 231 g/mol. The van der Waals surface area contributed by atoms with Gasteiger partial charge >= 0.3 is 0 Å². The van der Waals surface area contributed by atoms with Gasteiger partial charge in [0.1, 0.15) is 0 Å². The summed E-state index contributed by atoms with van der Waals surface area (Å²) in [6.45, 7) is 11.7. The quantitative estimate of drug-likeness (QED) is 0.596. The van der Waals surface area contributed by atoms with E-state index in [2.05, 4.69) is 35.7 Å². The lowest BCUT2D eigenvalue weighted by atomic mass is 9.95. The predicted molar refractivity (Wildman–Crippen MR) is 74.1 cm³/mol. The second-order valence-corrected chi connectivity index (χ2v) is 4.57. The minimum Gasteiger partial charge on any atom is -0.308 e. The van der Waals surface area contributed by atoms with E-state index >= 15 is 0 Å². The van der Waals surface area contributed by atoms with Gasteiger partial charge in [0.15, 0.2) is 0 Å². The third-order valence-electron chi connectivity index (χ3n) is 3.56. The molecule has 0 radical (unpaired) electrons. The van der Waals surface area contributed by atoms with Crippen LogP contribution in [0, 0.1) is 6.57 Å². The standard InChI is InChI=1S/C17H13N/c1-12-14-8-4-3-7-13(14)11-17(18-2)16-10-6-5-9-15(12)16/h3-10,17H,1,11H2. The molecule has 0 amide bonds. The van der Waals surface area contributed by atoms with Crippen molar-refractivity contribution in [1.29, 1.82) is 0 Å². The molecule has 0 aliphatic heterocycles. The van der Waals surface area contributed by atoms with Gasteiger partial charge < -0.3 is 4.85 Å². The molecule has 18 heavy (non-hydrogen) atoms. The van der Waals surface area contributed by atoms with Crippen LogP contribution in [0.5, 0.6) is 0 Å². The first-order valence-corrected chi connectivity index (χ1v) is 6.04. The third kappa shape index (κ3) is 1.55. The first kappa shape index (κ1) is 10.8. The Morgan fingerprint density at radius 3 is 2.44 bits per heavy atom. The molecule has 1 nitrogen and oxygen atoms in total. The lowest BCUT2D eigenvalue weighted by Gasteiger charge is -2.08. The van der Waals surface area contributed by atoms with Crippen molar-refractivity contribution in [2.45, 2.75) is 12.5 Å². The van der Waals surface area contributed by atoms with Gasteiger partial charge in [-0.05, 0) is 22.3 Å². The molecule has 1 aliphatic carbocycles. The maximum Gasteiger partial charge on any atom is 0.253 e. The van der Waals surface area contributed by atoms with Crippen LogP contribution >= 0.6 is 0 Å². The highest BCUT2D eigenvalue weighted by atomic mass is 14.7. The first-order chi connectivity index (χ1) is 8.81. The number of hydrogen-bond acceptors (Lipinski definition) is 0. The Balaban J connectivity index is 2.28. The Hall–Kier alpha value is -2.33. The molecule has 0 saturated heterocycles. The van der Waals surface area contributed by atoms with Crippen LogP contribution in [0.4, 0.5) is 0 Å². The topological polar surface area (TPSA) is 4.36 Å². The van der Waals surface area contributed by atoms with E-state index < -0.39 is 0 Å². The molecule has 86 valence electrons. The molecule has 2 aromatic rings. The lowest BCUT2D eigenvalue weighted by Crippen LogP contribution is -1.98. The summed E-state index contributed by atoms with van der Waals surface area (Å²) in [6.07, 6.45) is 0.774. The van der Waals surface area contributed by atoms with E-state index in [9.17, 15) is 0 Å². The van der Waals surface area contributed by atoms with Crippen LogP contribution in [-0.4, -0.2) is 0 Å². The average Bonchev–Trinajstić information content (AvgIpc) is 2.55. The minimum atomic E-state index is -0.0957. The van der Waals surface area contributed by atoms with Gasteiger partial charge in [-0.3, -0.25) is 0 Å². The van der Waals surface area contributed by atoms with Gasteiger partial charge in [0, 0.05) is 5.56 Å². The molecule has 0 heterocycles. The zero-order chi connectivity index (χ0) is 12.5. The lowest BCUT2D eigenvalue weighted by molar-refractivity contribution is 0.834. The highest BCUT2D eigenvalue weighted by Crippen LogP contribution is 2.37. The Kier molecular flexibility index (Phi) is 2.50. The summed E-state index contributed by atoms with van der Waals surface area (Å²) in [7, 11) is 0. The molecule has 1 heteroatoms. The van der Waals surface area contributed by atoms with E-state index in [-0.39, 0.29) is 6.04 Å². The fraction of sp³-hybridized carbons (Fsp3) is 0.118. The van der Waals surface area contributed by atoms with E-state index in [0.717, 1.165) is 23.1 Å². The molecule has 0 aromatic heterocycles. The van der Waals surface area contributed by atoms with Crippen molar-refractivity contribution in [2.75, 3.05) is 0 Å². The van der Waals surface area contributed by atoms with Crippen molar-refractivity contribution in [2.24, 2.45) is 0 Å². The van der Waals surface area contributed by atoms with Crippen LogP contribution < -0.4 is 0 Å². The van der Waals surface area contributed by atoms with Crippen LogP contribution in [0.3, 0.4) is 0 Å². The SMILES string of the molecule is [C-]#[N+]C1Cc2ccccc2C(=C)c2ccccc21. The van der Waals surface area contributed by atoms with Crippen LogP contribution in [-0.2, 0) is 6.42 Å². The summed E-state index contributed by atoms with van der Waals surface area (Å²) in [4.78, 5) is 3.79. The molecule has 3 rings (SSSR count). The zero-order valence-electron chi connectivity index (χ0n) is 10.1. The van der Waals surface area contributed by atoms with Gasteiger partial charge in [0.05, 0.1) is 6.42 Å². The summed E-state index contributed by atoms with van der Waals surface area (Å²) in [5.41, 5.74) is 5.65. The van der Waals surface area contributed by atoms with Crippen LogP contribution in [0.1, 0.15) is 28.3 Å². The number of hydrogen-bond donors (Lipinski definition) is 0. The predicted octanol–water partition coefficient (Wildman–Crippen LogP) is 4.26. The highest BCUT2D eigenvalue weighted by molar-refractivity contribution is 5.82. The van der Waals surface area contributed by atoms with Crippen LogP contribution in [0.25, 0.3) is 10.4 Å². The van der Waals surface area contributed by atoms with Crippen LogP contribution in [0.2, 0.25) is 0 Å². The zero-order valence-corrected chi connectivity index (χ0v) is 10.1. The molecule has 0 N–H and O–H groups in total. The fourth-order valence-electron chi connectivity index (χ4n) is 2.63. The van der Waals surface area contributed by atoms with Crippen molar-refractivity contribution < 1.29 is 0 Å². The smallest absolute Gasteiger partial charge is 0.253 e. The number of benzene rings is 2.